The summed E-state index contributed by atoms with van der Waals surface area (Å²) < 4.78 is 6.87. The molecule has 0 unspecified atom stereocenters. The number of hydroxylamine groups is 2. The molecule has 4 N–H and O–H groups in total. The molecule has 2 aromatic rings. The minimum atomic E-state index is -1.13. The number of fused-ring (bicyclic) bond motifs is 1. The lowest BCUT2D eigenvalue weighted by molar-refractivity contribution is -0.213. The number of amides is 3. The first-order chi connectivity index (χ1) is 13.2. The van der Waals surface area contributed by atoms with Crippen LogP contribution >= 0.6 is 23.2 Å². The minimum Gasteiger partial charge on any atom is -0.375 e. The van der Waals surface area contributed by atoms with Crippen LogP contribution in [0.4, 0.5) is 10.5 Å². The van der Waals surface area contributed by atoms with Crippen molar-refractivity contribution >= 4 is 46.5 Å². The molecule has 1 aliphatic rings. The molecular weight excluding hydrogens is 413 g/mol. The molecule has 1 fully saturated rings. The van der Waals surface area contributed by atoms with Crippen LogP contribution < -0.4 is 16.4 Å². The summed E-state index contributed by atoms with van der Waals surface area (Å²) in [6.45, 7) is 1.96. The Morgan fingerprint density at radius 1 is 1.46 bits per heavy atom. The molecule has 0 aliphatic carbocycles. The van der Waals surface area contributed by atoms with Crippen LogP contribution in [0.2, 0.25) is 5.15 Å². The molecule has 0 radical (unpaired) electrons. The summed E-state index contributed by atoms with van der Waals surface area (Å²) in [5.41, 5.74) is 6.68. The molecule has 0 bridgehead atoms. The maximum absolute atomic E-state index is 12.2. The second-order valence-corrected chi connectivity index (χ2v) is 7.31. The van der Waals surface area contributed by atoms with Crippen LogP contribution in [-0.2, 0) is 14.4 Å². The molecule has 3 heterocycles. The summed E-state index contributed by atoms with van der Waals surface area (Å²) >= 11 is 11.9. The normalized spacial score (nSPS) is 17.1. The van der Waals surface area contributed by atoms with Gasteiger partial charge in [-0.1, -0.05) is 11.6 Å². The number of anilines is 1. The van der Waals surface area contributed by atoms with Crippen LogP contribution in [-0.4, -0.2) is 63.4 Å². The molecule has 1 saturated heterocycles. The molecule has 13 heteroatoms. The number of hydrogen-bond donors (Lipinski definition) is 3. The number of aromatic nitrogens is 3. The number of nitrogens with one attached hydrogen (secondary N) is 2. The predicted molar refractivity (Wildman–Crippen MR) is 101 cm³/mol. The van der Waals surface area contributed by atoms with E-state index in [1.165, 1.54) is 22.9 Å². The van der Waals surface area contributed by atoms with Gasteiger partial charge in [-0.25, -0.2) is 14.3 Å². The number of urea groups is 1. The van der Waals surface area contributed by atoms with Crippen molar-refractivity contribution in [3.05, 3.63) is 23.1 Å². The van der Waals surface area contributed by atoms with Gasteiger partial charge in [-0.05, 0) is 6.92 Å². The summed E-state index contributed by atoms with van der Waals surface area (Å²) in [7, 11) is 1.54. The van der Waals surface area contributed by atoms with Crippen molar-refractivity contribution < 1.29 is 19.2 Å². The van der Waals surface area contributed by atoms with Gasteiger partial charge >= 0.3 is 6.03 Å². The van der Waals surface area contributed by atoms with E-state index in [2.05, 4.69) is 20.7 Å². The average Bonchev–Trinajstić information content (AvgIpc) is 2.99. The number of rotatable bonds is 7. The smallest absolute Gasteiger partial charge is 0.321 e. The van der Waals surface area contributed by atoms with Gasteiger partial charge in [0.1, 0.15) is 6.73 Å². The van der Waals surface area contributed by atoms with E-state index in [1.54, 1.807) is 13.0 Å². The summed E-state index contributed by atoms with van der Waals surface area (Å²) in [6.07, 6.45) is 1.10. The fraction of sp³-hybridized carbons (Fsp3) is 0.467. The summed E-state index contributed by atoms with van der Waals surface area (Å²) in [6, 6.07) is 1.07. The fourth-order valence-electron chi connectivity index (χ4n) is 2.64. The Balaban J connectivity index is 1.60. The lowest BCUT2D eigenvalue weighted by Crippen LogP contribution is -2.64. The van der Waals surface area contributed by atoms with E-state index in [4.69, 9.17) is 38.5 Å². The second-order valence-electron chi connectivity index (χ2n) is 6.20. The number of nitrogens with two attached hydrogens (primary N) is 1. The Labute approximate surface area is 170 Å². The van der Waals surface area contributed by atoms with Crippen molar-refractivity contribution in [1.29, 1.82) is 0 Å². The largest absolute Gasteiger partial charge is 0.375 e. The van der Waals surface area contributed by atoms with Crippen molar-refractivity contribution in [3.63, 3.8) is 0 Å². The molecule has 28 heavy (non-hydrogen) atoms. The molecule has 0 spiro atoms. The number of carbonyl (C=O) groups is 2. The van der Waals surface area contributed by atoms with Gasteiger partial charge in [-0.15, -0.1) is 11.6 Å². The average molecular weight is 432 g/mol. The number of nitrogens with zero attached hydrogens (tertiary/aromatic N) is 4. The maximum atomic E-state index is 12.2. The quantitative estimate of drug-likeness (QED) is 0.437. The lowest BCUT2D eigenvalue weighted by atomic mass is 10.0. The van der Waals surface area contributed by atoms with Crippen LogP contribution in [0, 0.1) is 0 Å². The first kappa shape index (κ1) is 20.6. The third kappa shape index (κ3) is 4.13. The molecule has 1 aliphatic heterocycles. The molecule has 2 aromatic heterocycles. The molecule has 3 rings (SSSR count). The maximum Gasteiger partial charge on any atom is 0.321 e. The van der Waals surface area contributed by atoms with Crippen LogP contribution in [0.25, 0.3) is 5.65 Å². The first-order valence-corrected chi connectivity index (χ1v) is 8.97. The molecule has 11 nitrogen and oxygen atoms in total. The Bertz CT molecular complexity index is 900. The van der Waals surface area contributed by atoms with Crippen molar-refractivity contribution in [2.75, 3.05) is 32.2 Å². The van der Waals surface area contributed by atoms with Gasteiger partial charge in [0.2, 0.25) is 5.91 Å². The molecule has 0 saturated carbocycles. The Morgan fingerprint density at radius 2 is 2.18 bits per heavy atom. The molecular formula is C15H19Cl2N7O4. The minimum absolute atomic E-state index is 0.129. The fourth-order valence-corrected chi connectivity index (χ4v) is 3.08. The number of alkyl halides is 1. The van der Waals surface area contributed by atoms with E-state index in [-0.39, 0.29) is 31.1 Å². The van der Waals surface area contributed by atoms with E-state index >= 15 is 0 Å². The lowest BCUT2D eigenvalue weighted by Gasteiger charge is -2.42. The van der Waals surface area contributed by atoms with Gasteiger partial charge < -0.3 is 21.1 Å². The van der Waals surface area contributed by atoms with Crippen molar-refractivity contribution in [3.8, 4) is 0 Å². The zero-order valence-corrected chi connectivity index (χ0v) is 16.6. The van der Waals surface area contributed by atoms with Gasteiger partial charge in [0.05, 0.1) is 36.8 Å². The van der Waals surface area contributed by atoms with E-state index in [0.29, 0.717) is 17.0 Å². The first-order valence-electron chi connectivity index (χ1n) is 8.22. The number of ether oxygens (including phenoxy) is 1. The number of halogens is 2. The molecule has 0 aromatic carbocycles. The van der Waals surface area contributed by atoms with Crippen molar-refractivity contribution in [1.82, 2.24) is 25.0 Å². The van der Waals surface area contributed by atoms with Crippen LogP contribution in [0.1, 0.15) is 18.7 Å². The van der Waals surface area contributed by atoms with E-state index < -0.39 is 16.8 Å². The number of primary amides is 1. The van der Waals surface area contributed by atoms with Gasteiger partial charge in [0.25, 0.3) is 0 Å². The molecule has 152 valence electrons. The highest BCUT2D eigenvalue weighted by atomic mass is 35.5. The van der Waals surface area contributed by atoms with Gasteiger partial charge in [-0.2, -0.15) is 10.2 Å². The number of carbonyl (C=O) groups excluding carboxylic acids is 2. The highest BCUT2D eigenvalue weighted by molar-refractivity contribution is 6.35. The standard InChI is InChI=1S/C15H19Cl2N7O4/c1-8(27-2)12-9(4-19-11-3-10(16)22-24(11)12)21-14(26)20-7-28-23-5-15(17,6-23)13(18)25/h3-4,8H,5-7H2,1-2H3,(H2,18,25)(H2,20,21,26)/t8-/m0/s1. The van der Waals surface area contributed by atoms with Gasteiger partial charge in [0, 0.05) is 13.2 Å². The summed E-state index contributed by atoms with van der Waals surface area (Å²) in [5, 5.41) is 11.1. The zero-order valence-electron chi connectivity index (χ0n) is 15.1. The second kappa shape index (κ2) is 8.05. The van der Waals surface area contributed by atoms with Crippen LogP contribution in [0.5, 0.6) is 0 Å². The SMILES string of the molecule is CO[C@@H](C)c1c(NC(=O)NCON2CC(Cl)(C(N)=O)C2)cnc2cc(Cl)nn12. The van der Waals surface area contributed by atoms with Crippen LogP contribution in [0.3, 0.4) is 0 Å². The monoisotopic (exact) mass is 431 g/mol. The molecule has 1 atom stereocenters. The van der Waals surface area contributed by atoms with E-state index in [9.17, 15) is 9.59 Å². The molecule has 3 amide bonds. The Kier molecular flexibility index (Phi) is 5.91. The highest BCUT2D eigenvalue weighted by Gasteiger charge is 2.47. The van der Waals surface area contributed by atoms with Crippen molar-refractivity contribution in [2.45, 2.75) is 17.9 Å². The van der Waals surface area contributed by atoms with Gasteiger partial charge in [-0.3, -0.25) is 9.63 Å². The highest BCUT2D eigenvalue weighted by Crippen LogP contribution is 2.28. The number of methoxy groups -OCH3 is 1. The van der Waals surface area contributed by atoms with E-state index in [1.807, 2.05) is 0 Å². The third-order valence-corrected chi connectivity index (χ3v) is 4.86. The summed E-state index contributed by atoms with van der Waals surface area (Å²) in [4.78, 5) is 31.7. The van der Waals surface area contributed by atoms with Crippen molar-refractivity contribution in [2.24, 2.45) is 5.73 Å². The van der Waals surface area contributed by atoms with E-state index in [0.717, 1.165) is 0 Å². The van der Waals surface area contributed by atoms with Crippen LogP contribution in [0.15, 0.2) is 12.3 Å². The Morgan fingerprint density at radius 3 is 2.82 bits per heavy atom. The van der Waals surface area contributed by atoms with Gasteiger partial charge in [0.15, 0.2) is 15.7 Å². The summed E-state index contributed by atoms with van der Waals surface area (Å²) in [5.74, 6) is -0.610. The zero-order chi connectivity index (χ0) is 20.5. The number of hydrogen-bond acceptors (Lipinski definition) is 7. The third-order valence-electron chi connectivity index (χ3n) is 4.25. The predicted octanol–water partition coefficient (Wildman–Crippen LogP) is 0.879. The Hall–Kier alpha value is -2.18. The topological polar surface area (TPSA) is 136 Å².